The van der Waals surface area contributed by atoms with Gasteiger partial charge in [0, 0.05) is 42.0 Å². The Labute approximate surface area is 143 Å². The van der Waals surface area contributed by atoms with Crippen molar-refractivity contribution in [1.29, 1.82) is 0 Å². The number of aryl methyl sites for hydroxylation is 1. The third-order valence-corrected chi connectivity index (χ3v) is 5.40. The molecular formula is C18H28N4S. The van der Waals surface area contributed by atoms with E-state index < -0.39 is 0 Å². The van der Waals surface area contributed by atoms with E-state index in [1.165, 1.54) is 22.0 Å². The number of H-pyrrole nitrogens is 1. The first kappa shape index (κ1) is 17.7. The number of aliphatic imine (C=N–C) groups is 1. The topological polar surface area (TPSA) is 52.2 Å². The number of rotatable bonds is 6. The highest BCUT2D eigenvalue weighted by Crippen LogP contribution is 2.21. The highest BCUT2D eigenvalue weighted by molar-refractivity contribution is 7.99. The minimum atomic E-state index is 0.200. The molecule has 0 spiro atoms. The van der Waals surface area contributed by atoms with Crippen molar-refractivity contribution in [3.05, 3.63) is 35.5 Å². The second-order valence-corrected chi connectivity index (χ2v) is 7.89. The predicted molar refractivity (Wildman–Crippen MR) is 104 cm³/mol. The number of guanidine groups is 1. The van der Waals surface area contributed by atoms with Crippen LogP contribution in [0.5, 0.6) is 0 Å². The van der Waals surface area contributed by atoms with Gasteiger partial charge in [-0.15, -0.1) is 0 Å². The van der Waals surface area contributed by atoms with E-state index in [-0.39, 0.29) is 4.75 Å². The Balaban J connectivity index is 1.89. The number of nitrogens with zero attached hydrogens (tertiary/aromatic N) is 1. The Kier molecular flexibility index (Phi) is 5.99. The first-order valence-corrected chi connectivity index (χ1v) is 9.24. The third-order valence-electron chi connectivity index (χ3n) is 4.15. The van der Waals surface area contributed by atoms with E-state index in [2.05, 4.69) is 72.0 Å². The maximum absolute atomic E-state index is 4.30. The zero-order valence-corrected chi connectivity index (χ0v) is 15.6. The van der Waals surface area contributed by atoms with Gasteiger partial charge in [-0.3, -0.25) is 4.99 Å². The maximum atomic E-state index is 4.30. The van der Waals surface area contributed by atoms with Crippen LogP contribution >= 0.6 is 11.8 Å². The molecular weight excluding hydrogens is 304 g/mol. The van der Waals surface area contributed by atoms with Crippen molar-refractivity contribution < 1.29 is 0 Å². The summed E-state index contributed by atoms with van der Waals surface area (Å²) in [5.74, 6) is 0.864. The molecule has 0 aliphatic rings. The summed E-state index contributed by atoms with van der Waals surface area (Å²) in [6.45, 7) is 8.35. The molecule has 23 heavy (non-hydrogen) atoms. The molecule has 0 bridgehead atoms. The molecule has 1 aromatic heterocycles. The van der Waals surface area contributed by atoms with Gasteiger partial charge < -0.3 is 15.6 Å². The number of nitrogens with one attached hydrogen (secondary N) is 3. The Morgan fingerprint density at radius 2 is 2.09 bits per heavy atom. The van der Waals surface area contributed by atoms with E-state index in [1.54, 1.807) is 0 Å². The number of aromatic amines is 1. The van der Waals surface area contributed by atoms with Gasteiger partial charge in [0.25, 0.3) is 0 Å². The van der Waals surface area contributed by atoms with Crippen LogP contribution in [0, 0.1) is 6.92 Å². The molecule has 0 fully saturated rings. The van der Waals surface area contributed by atoms with Crippen molar-refractivity contribution >= 4 is 28.6 Å². The van der Waals surface area contributed by atoms with E-state index in [0.717, 1.165) is 25.5 Å². The quantitative estimate of drug-likeness (QED) is 0.562. The first-order chi connectivity index (χ1) is 11.0. The third kappa shape index (κ3) is 4.67. The average Bonchev–Trinajstić information content (AvgIpc) is 2.95. The van der Waals surface area contributed by atoms with Crippen molar-refractivity contribution in [3.8, 4) is 0 Å². The molecule has 0 aliphatic carbocycles. The number of aromatic nitrogens is 1. The van der Waals surface area contributed by atoms with Crippen molar-refractivity contribution in [2.24, 2.45) is 4.99 Å². The molecule has 3 N–H and O–H groups in total. The monoisotopic (exact) mass is 332 g/mol. The van der Waals surface area contributed by atoms with E-state index in [1.807, 2.05) is 18.8 Å². The number of para-hydroxylation sites is 1. The lowest BCUT2D eigenvalue weighted by Gasteiger charge is -2.23. The lowest BCUT2D eigenvalue weighted by Crippen LogP contribution is -2.43. The molecule has 0 unspecified atom stereocenters. The zero-order chi connectivity index (χ0) is 16.9. The van der Waals surface area contributed by atoms with Crippen LogP contribution in [0.1, 0.15) is 25.0 Å². The summed E-state index contributed by atoms with van der Waals surface area (Å²) in [5, 5.41) is 8.11. The van der Waals surface area contributed by atoms with E-state index >= 15 is 0 Å². The Hall–Kier alpha value is -1.62. The molecule has 0 aliphatic heterocycles. The largest absolute Gasteiger partial charge is 0.361 e. The molecule has 2 rings (SSSR count). The van der Waals surface area contributed by atoms with Gasteiger partial charge in [0.15, 0.2) is 5.96 Å². The minimum absolute atomic E-state index is 0.200. The average molecular weight is 333 g/mol. The molecule has 5 heteroatoms. The fourth-order valence-electron chi connectivity index (χ4n) is 2.48. The van der Waals surface area contributed by atoms with Gasteiger partial charge in [-0.2, -0.15) is 11.8 Å². The normalized spacial score (nSPS) is 12.7. The summed E-state index contributed by atoms with van der Waals surface area (Å²) in [7, 11) is 1.82. The summed E-state index contributed by atoms with van der Waals surface area (Å²) in [6.07, 6.45) is 5.22. The maximum Gasteiger partial charge on any atom is 0.191 e. The van der Waals surface area contributed by atoms with Crippen LogP contribution < -0.4 is 10.6 Å². The van der Waals surface area contributed by atoms with Crippen molar-refractivity contribution in [3.63, 3.8) is 0 Å². The van der Waals surface area contributed by atoms with Gasteiger partial charge in [-0.1, -0.05) is 18.2 Å². The smallest absolute Gasteiger partial charge is 0.191 e. The summed E-state index contributed by atoms with van der Waals surface area (Å²) in [6, 6.07) is 6.44. The summed E-state index contributed by atoms with van der Waals surface area (Å²) < 4.78 is 0.200. The summed E-state index contributed by atoms with van der Waals surface area (Å²) >= 11 is 1.85. The van der Waals surface area contributed by atoms with E-state index in [4.69, 9.17) is 0 Å². The molecule has 126 valence electrons. The van der Waals surface area contributed by atoms with Crippen LogP contribution in [-0.4, -0.2) is 42.1 Å². The van der Waals surface area contributed by atoms with Crippen LogP contribution in [-0.2, 0) is 6.42 Å². The first-order valence-electron chi connectivity index (χ1n) is 8.02. The molecule has 0 saturated heterocycles. The van der Waals surface area contributed by atoms with Gasteiger partial charge in [-0.05, 0) is 44.6 Å². The second kappa shape index (κ2) is 7.77. The highest BCUT2D eigenvalue weighted by atomic mass is 32.2. The molecule has 0 atom stereocenters. The minimum Gasteiger partial charge on any atom is -0.361 e. The van der Waals surface area contributed by atoms with Crippen LogP contribution in [0.3, 0.4) is 0 Å². The SMILES string of the molecule is CN=C(NCCc1c[nH]c2c(C)cccc12)NCC(C)(C)SC. The van der Waals surface area contributed by atoms with Crippen LogP contribution in [0.15, 0.2) is 29.4 Å². The number of hydrogen-bond donors (Lipinski definition) is 3. The van der Waals surface area contributed by atoms with Gasteiger partial charge in [0.1, 0.15) is 0 Å². The molecule has 0 saturated carbocycles. The molecule has 2 aromatic rings. The Morgan fingerprint density at radius 1 is 1.30 bits per heavy atom. The van der Waals surface area contributed by atoms with Crippen molar-refractivity contribution in [2.75, 3.05) is 26.4 Å². The van der Waals surface area contributed by atoms with Gasteiger partial charge in [-0.25, -0.2) is 0 Å². The van der Waals surface area contributed by atoms with Crippen LogP contribution in [0.25, 0.3) is 10.9 Å². The van der Waals surface area contributed by atoms with Gasteiger partial charge in [0.05, 0.1) is 0 Å². The predicted octanol–water partition coefficient (Wildman–Crippen LogP) is 3.33. The van der Waals surface area contributed by atoms with Crippen molar-refractivity contribution in [1.82, 2.24) is 15.6 Å². The highest BCUT2D eigenvalue weighted by Gasteiger charge is 2.16. The molecule has 4 nitrogen and oxygen atoms in total. The molecule has 0 radical (unpaired) electrons. The number of fused-ring (bicyclic) bond motifs is 1. The molecule has 1 heterocycles. The van der Waals surface area contributed by atoms with Gasteiger partial charge in [0.2, 0.25) is 0 Å². The molecule has 1 aromatic carbocycles. The number of thioether (sulfide) groups is 1. The van der Waals surface area contributed by atoms with E-state index in [0.29, 0.717) is 0 Å². The fourth-order valence-corrected chi connectivity index (χ4v) is 2.69. The number of benzene rings is 1. The Bertz CT molecular complexity index is 673. The lowest BCUT2D eigenvalue weighted by atomic mass is 10.1. The lowest BCUT2D eigenvalue weighted by molar-refractivity contribution is 0.664. The van der Waals surface area contributed by atoms with Gasteiger partial charge >= 0.3 is 0 Å². The standard InChI is InChI=1S/C18H28N4S/c1-13-7-6-8-15-14(11-21-16(13)15)9-10-20-17(19-4)22-12-18(2,3)23-5/h6-8,11,21H,9-10,12H2,1-5H3,(H2,19,20,22). The fraction of sp³-hybridized carbons (Fsp3) is 0.500. The van der Waals surface area contributed by atoms with E-state index in [9.17, 15) is 0 Å². The summed E-state index contributed by atoms with van der Waals surface area (Å²) in [5.41, 5.74) is 3.88. The molecule has 0 amide bonds. The summed E-state index contributed by atoms with van der Waals surface area (Å²) in [4.78, 5) is 7.68. The second-order valence-electron chi connectivity index (χ2n) is 6.38. The van der Waals surface area contributed by atoms with Crippen molar-refractivity contribution in [2.45, 2.75) is 31.9 Å². The zero-order valence-electron chi connectivity index (χ0n) is 14.8. The van der Waals surface area contributed by atoms with Crippen LogP contribution in [0.4, 0.5) is 0 Å². The van der Waals surface area contributed by atoms with Crippen LogP contribution in [0.2, 0.25) is 0 Å². The Morgan fingerprint density at radius 3 is 2.78 bits per heavy atom. The number of hydrogen-bond acceptors (Lipinski definition) is 2.